The van der Waals surface area contributed by atoms with Gasteiger partial charge in [-0.2, -0.15) is 0 Å². The number of hydrogen-bond donors (Lipinski definition) is 0. The van der Waals surface area contributed by atoms with Gasteiger partial charge in [-0.25, -0.2) is 9.67 Å². The summed E-state index contributed by atoms with van der Waals surface area (Å²) < 4.78 is 15.4. The predicted molar refractivity (Wildman–Crippen MR) is 139 cm³/mol. The van der Waals surface area contributed by atoms with Gasteiger partial charge in [0.15, 0.2) is 5.69 Å². The Labute approximate surface area is 203 Å². The number of benzene rings is 3. The van der Waals surface area contributed by atoms with Gasteiger partial charge < -0.3 is 9.15 Å². The highest BCUT2D eigenvalue weighted by Crippen LogP contribution is 2.26. The highest BCUT2D eigenvalue weighted by molar-refractivity contribution is 5.80. The van der Waals surface area contributed by atoms with Crippen LogP contribution in [-0.2, 0) is 7.05 Å². The van der Waals surface area contributed by atoms with Gasteiger partial charge in [0.05, 0.1) is 23.3 Å². The molecule has 0 unspecified atom stereocenters. The van der Waals surface area contributed by atoms with Gasteiger partial charge in [0, 0.05) is 24.1 Å². The van der Waals surface area contributed by atoms with Crippen molar-refractivity contribution in [3.05, 3.63) is 106 Å². The summed E-state index contributed by atoms with van der Waals surface area (Å²) >= 11 is 0. The van der Waals surface area contributed by atoms with E-state index in [-0.39, 0.29) is 5.56 Å². The van der Waals surface area contributed by atoms with E-state index in [1.165, 1.54) is 5.56 Å². The lowest BCUT2D eigenvalue weighted by Crippen LogP contribution is -2.19. The van der Waals surface area contributed by atoms with Gasteiger partial charge in [0.1, 0.15) is 17.1 Å². The van der Waals surface area contributed by atoms with Gasteiger partial charge >= 0.3 is 0 Å². The fourth-order valence-corrected chi connectivity index (χ4v) is 4.16. The van der Waals surface area contributed by atoms with E-state index in [2.05, 4.69) is 0 Å². The maximum Gasteiger partial charge on any atom is 0.297 e. The number of nitrogens with zero attached hydrogens (tertiary/aromatic N) is 3. The van der Waals surface area contributed by atoms with Crippen LogP contribution < -0.4 is 15.7 Å². The lowest BCUT2D eigenvalue weighted by molar-refractivity contribution is 0.340. The third kappa shape index (κ3) is 4.19. The third-order valence-corrected chi connectivity index (χ3v) is 6.12. The molecular weight excluding hydrogens is 438 g/mol. The maximum atomic E-state index is 13.5. The highest BCUT2D eigenvalue weighted by Gasteiger charge is 2.16. The molecule has 0 radical (unpaired) electrons. The van der Waals surface area contributed by atoms with Gasteiger partial charge in [-0.15, -0.1) is 0 Å². The van der Waals surface area contributed by atoms with Gasteiger partial charge in [-0.1, -0.05) is 48.0 Å². The van der Waals surface area contributed by atoms with Crippen molar-refractivity contribution in [3.8, 4) is 22.8 Å². The summed E-state index contributed by atoms with van der Waals surface area (Å²) in [7, 11) is 1.87. The molecule has 3 aromatic carbocycles. The van der Waals surface area contributed by atoms with Crippen molar-refractivity contribution in [2.75, 3.05) is 6.61 Å². The lowest BCUT2D eigenvalue weighted by atomic mass is 10.1. The zero-order valence-corrected chi connectivity index (χ0v) is 20.3. The first-order valence-corrected chi connectivity index (χ1v) is 11.6. The zero-order valence-electron chi connectivity index (χ0n) is 20.3. The zero-order chi connectivity index (χ0) is 24.5. The van der Waals surface area contributed by atoms with E-state index in [9.17, 15) is 4.79 Å². The molecule has 6 nitrogen and oxygen atoms in total. The Morgan fingerprint density at radius 3 is 2.40 bits per heavy atom. The molecule has 0 saturated heterocycles. The molecule has 35 heavy (non-hydrogen) atoms. The van der Waals surface area contributed by atoms with Crippen LogP contribution in [-0.4, -0.2) is 16.0 Å². The second-order valence-electron chi connectivity index (χ2n) is 8.47. The summed E-state index contributed by atoms with van der Waals surface area (Å²) in [5, 5.41) is 1.43. The Bertz CT molecular complexity index is 1640. The van der Waals surface area contributed by atoms with E-state index < -0.39 is 0 Å². The lowest BCUT2D eigenvalue weighted by Gasteiger charge is -2.08. The smallest absolute Gasteiger partial charge is 0.297 e. The fraction of sp³-hybridized carbons (Fsp3) is 0.172. The number of fused-ring (bicyclic) bond motifs is 1. The van der Waals surface area contributed by atoms with Crippen LogP contribution >= 0.6 is 0 Å². The number of rotatable bonds is 5. The number of aryl methyl sites for hydroxylation is 1. The molecule has 0 fully saturated rings. The number of ether oxygens (including phenoxy) is 1. The molecule has 5 rings (SSSR count). The standard InChI is InChI=1S/C29H27N3O3/c1-5-34-23-15-16-26-24(17-23)25(18-27(35-26)21-13-11-19(2)12-14-21)30-28-20(3)31(4)32(29(28)33)22-9-7-6-8-10-22/h6-18H,5H2,1-4H3. The van der Waals surface area contributed by atoms with Gasteiger partial charge in [0.25, 0.3) is 5.56 Å². The second kappa shape index (κ2) is 9.14. The Balaban J connectivity index is 1.79. The summed E-state index contributed by atoms with van der Waals surface area (Å²) in [6.07, 6.45) is 0. The van der Waals surface area contributed by atoms with Crippen LogP contribution in [0.3, 0.4) is 0 Å². The van der Waals surface area contributed by atoms with Gasteiger partial charge in [0.2, 0.25) is 0 Å². The monoisotopic (exact) mass is 465 g/mol. The summed E-state index contributed by atoms with van der Waals surface area (Å²) in [4.78, 5) is 18.4. The van der Waals surface area contributed by atoms with Crippen LogP contribution in [0.25, 0.3) is 28.0 Å². The molecule has 0 spiro atoms. The van der Waals surface area contributed by atoms with E-state index in [1.807, 2.05) is 111 Å². The molecule has 2 heterocycles. The SMILES string of the molecule is CCOc1ccc2oc(-c3ccc(C)cc3)cc(=Nc3c(C)n(C)n(-c4ccccc4)c3=O)c2c1. The minimum atomic E-state index is -0.178. The molecule has 0 aliphatic carbocycles. The summed E-state index contributed by atoms with van der Waals surface area (Å²) in [6.45, 7) is 6.45. The van der Waals surface area contributed by atoms with E-state index in [4.69, 9.17) is 14.1 Å². The van der Waals surface area contributed by atoms with Gasteiger partial charge in [-0.3, -0.25) is 9.48 Å². The number of para-hydroxylation sites is 1. The molecule has 0 N–H and O–H groups in total. The molecule has 0 aliphatic heterocycles. The molecule has 0 aliphatic rings. The Kier molecular flexibility index (Phi) is 5.87. The van der Waals surface area contributed by atoms with Crippen molar-refractivity contribution in [3.63, 3.8) is 0 Å². The quantitative estimate of drug-likeness (QED) is 0.328. The molecule has 176 valence electrons. The van der Waals surface area contributed by atoms with Crippen molar-refractivity contribution < 1.29 is 9.15 Å². The molecule has 5 aromatic rings. The summed E-state index contributed by atoms with van der Waals surface area (Å²) in [5.74, 6) is 1.40. The molecule has 0 amide bonds. The Morgan fingerprint density at radius 1 is 0.943 bits per heavy atom. The average Bonchev–Trinajstić information content (AvgIpc) is 3.08. The largest absolute Gasteiger partial charge is 0.494 e. The van der Waals surface area contributed by atoms with Gasteiger partial charge in [-0.05, 0) is 51.1 Å². The normalized spacial score (nSPS) is 11.8. The van der Waals surface area contributed by atoms with Crippen LogP contribution in [0.15, 0.2) is 93.1 Å². The maximum absolute atomic E-state index is 13.5. The predicted octanol–water partition coefficient (Wildman–Crippen LogP) is 5.84. The van der Waals surface area contributed by atoms with Crippen LogP contribution in [0.2, 0.25) is 0 Å². The first-order valence-electron chi connectivity index (χ1n) is 11.6. The number of aromatic nitrogens is 2. The first-order chi connectivity index (χ1) is 17.0. The Hall–Kier alpha value is -4.32. The third-order valence-electron chi connectivity index (χ3n) is 6.12. The van der Waals surface area contributed by atoms with Crippen LogP contribution in [0, 0.1) is 13.8 Å². The van der Waals surface area contributed by atoms with Crippen molar-refractivity contribution in [1.29, 1.82) is 0 Å². The summed E-state index contributed by atoms with van der Waals surface area (Å²) in [5.41, 5.74) is 4.55. The van der Waals surface area contributed by atoms with Crippen LogP contribution in [0.5, 0.6) is 5.75 Å². The molecule has 6 heteroatoms. The molecular formula is C29H27N3O3. The van der Waals surface area contributed by atoms with E-state index in [0.717, 1.165) is 28.1 Å². The average molecular weight is 466 g/mol. The number of hydrogen-bond acceptors (Lipinski definition) is 4. The van der Waals surface area contributed by atoms with Crippen molar-refractivity contribution in [1.82, 2.24) is 9.36 Å². The molecule has 2 aromatic heterocycles. The van der Waals surface area contributed by atoms with E-state index in [0.29, 0.717) is 29.0 Å². The van der Waals surface area contributed by atoms with Crippen LogP contribution in [0.4, 0.5) is 5.69 Å². The molecule has 0 bridgehead atoms. The molecule has 0 atom stereocenters. The minimum Gasteiger partial charge on any atom is -0.494 e. The minimum absolute atomic E-state index is 0.178. The van der Waals surface area contributed by atoms with E-state index >= 15 is 0 Å². The van der Waals surface area contributed by atoms with Crippen molar-refractivity contribution in [2.45, 2.75) is 20.8 Å². The van der Waals surface area contributed by atoms with Crippen molar-refractivity contribution in [2.24, 2.45) is 12.0 Å². The topological polar surface area (TPSA) is 61.7 Å². The summed E-state index contributed by atoms with van der Waals surface area (Å²) in [6, 6.07) is 25.3. The Morgan fingerprint density at radius 2 is 1.69 bits per heavy atom. The van der Waals surface area contributed by atoms with Crippen LogP contribution in [0.1, 0.15) is 18.2 Å². The second-order valence-corrected chi connectivity index (χ2v) is 8.47. The van der Waals surface area contributed by atoms with Crippen molar-refractivity contribution >= 4 is 16.7 Å². The highest BCUT2D eigenvalue weighted by atomic mass is 16.5. The fourth-order valence-electron chi connectivity index (χ4n) is 4.16. The molecule has 0 saturated carbocycles. The van der Waals surface area contributed by atoms with E-state index in [1.54, 1.807) is 4.68 Å². The first kappa shape index (κ1) is 22.5.